The normalized spacial score (nSPS) is 17.2. The number of aromatic nitrogens is 4. The Morgan fingerprint density at radius 1 is 1.12 bits per heavy atom. The summed E-state index contributed by atoms with van der Waals surface area (Å²) < 4.78 is 0. The van der Waals surface area contributed by atoms with Gasteiger partial charge in [0, 0.05) is 18.3 Å². The predicted octanol–water partition coefficient (Wildman–Crippen LogP) is 2.84. The maximum Gasteiger partial charge on any atom is 0.255 e. The van der Waals surface area contributed by atoms with Crippen molar-refractivity contribution in [2.45, 2.75) is 18.9 Å². The maximum absolute atomic E-state index is 13.2. The second kappa shape index (κ2) is 6.23. The molecule has 1 saturated heterocycles. The fraction of sp³-hybridized carbons (Fsp3) is 0.222. The number of nitrogens with one attached hydrogen (secondary N) is 1. The van der Waals surface area contributed by atoms with Crippen LogP contribution in [0.3, 0.4) is 0 Å². The summed E-state index contributed by atoms with van der Waals surface area (Å²) in [7, 11) is 0. The van der Waals surface area contributed by atoms with Gasteiger partial charge in [0.05, 0.1) is 17.3 Å². The lowest BCUT2D eigenvalue weighted by Gasteiger charge is -2.25. The molecule has 2 aromatic heterocycles. The minimum absolute atomic E-state index is 0.00940. The summed E-state index contributed by atoms with van der Waals surface area (Å²) in [5.74, 6) is 0.614. The van der Waals surface area contributed by atoms with E-state index in [1.165, 1.54) is 6.33 Å². The van der Waals surface area contributed by atoms with Gasteiger partial charge in [-0.1, -0.05) is 24.3 Å². The van der Waals surface area contributed by atoms with E-state index in [1.54, 1.807) is 6.20 Å². The van der Waals surface area contributed by atoms with Crippen molar-refractivity contribution in [1.82, 2.24) is 25.1 Å². The molecule has 0 bridgehead atoms. The molecule has 24 heavy (non-hydrogen) atoms. The first-order chi connectivity index (χ1) is 11.8. The first kappa shape index (κ1) is 14.6. The van der Waals surface area contributed by atoms with Gasteiger partial charge in [0.25, 0.3) is 5.91 Å². The van der Waals surface area contributed by atoms with E-state index in [1.807, 2.05) is 47.4 Å². The first-order valence-electron chi connectivity index (χ1n) is 8.01. The van der Waals surface area contributed by atoms with Crippen molar-refractivity contribution in [3.05, 3.63) is 66.2 Å². The Morgan fingerprint density at radius 3 is 2.79 bits per heavy atom. The van der Waals surface area contributed by atoms with Gasteiger partial charge in [-0.2, -0.15) is 5.10 Å². The van der Waals surface area contributed by atoms with Crippen LogP contribution in [0.5, 0.6) is 0 Å². The number of amides is 1. The molecule has 6 heteroatoms. The first-order valence-corrected chi connectivity index (χ1v) is 8.01. The highest BCUT2D eigenvalue weighted by molar-refractivity contribution is 6.00. The van der Waals surface area contributed by atoms with Gasteiger partial charge in [-0.05, 0) is 31.0 Å². The maximum atomic E-state index is 13.2. The summed E-state index contributed by atoms with van der Waals surface area (Å²) in [5, 5.41) is 6.73. The Hall–Kier alpha value is -3.02. The molecule has 1 aromatic carbocycles. The molecular formula is C18H17N5O. The van der Waals surface area contributed by atoms with Gasteiger partial charge in [0.15, 0.2) is 5.82 Å². The number of rotatable bonds is 3. The number of benzene rings is 1. The van der Waals surface area contributed by atoms with Crippen LogP contribution >= 0.6 is 0 Å². The molecule has 0 spiro atoms. The van der Waals surface area contributed by atoms with Gasteiger partial charge in [0.1, 0.15) is 6.33 Å². The van der Waals surface area contributed by atoms with Crippen LogP contribution in [0.4, 0.5) is 0 Å². The average molecular weight is 319 g/mol. The molecule has 1 aliphatic rings. The molecular weight excluding hydrogens is 302 g/mol. The summed E-state index contributed by atoms with van der Waals surface area (Å²) >= 11 is 0. The van der Waals surface area contributed by atoms with Crippen LogP contribution in [-0.4, -0.2) is 37.5 Å². The molecule has 4 rings (SSSR count). The Bertz CT molecular complexity index is 832. The number of aromatic amines is 1. The van der Waals surface area contributed by atoms with Crippen LogP contribution in [0.2, 0.25) is 0 Å². The highest BCUT2D eigenvalue weighted by Crippen LogP contribution is 2.33. The van der Waals surface area contributed by atoms with Crippen LogP contribution in [0.25, 0.3) is 11.4 Å². The zero-order chi connectivity index (χ0) is 16.4. The second-order valence-electron chi connectivity index (χ2n) is 5.79. The molecule has 1 fully saturated rings. The van der Waals surface area contributed by atoms with Gasteiger partial charge < -0.3 is 4.90 Å². The fourth-order valence-electron chi connectivity index (χ4n) is 3.26. The van der Waals surface area contributed by atoms with E-state index in [-0.39, 0.29) is 11.9 Å². The average Bonchev–Trinajstić information content (AvgIpc) is 3.33. The summed E-state index contributed by atoms with van der Waals surface area (Å²) in [6.07, 6.45) is 5.15. The van der Waals surface area contributed by atoms with Gasteiger partial charge in [-0.3, -0.25) is 14.9 Å². The summed E-state index contributed by atoms with van der Waals surface area (Å²) in [5.41, 5.74) is 2.35. The van der Waals surface area contributed by atoms with Gasteiger partial charge >= 0.3 is 0 Å². The number of carbonyl (C=O) groups excluding carboxylic acids is 1. The van der Waals surface area contributed by atoms with Crippen LogP contribution < -0.4 is 0 Å². The van der Waals surface area contributed by atoms with E-state index in [4.69, 9.17) is 0 Å². The van der Waals surface area contributed by atoms with E-state index < -0.39 is 0 Å². The summed E-state index contributed by atoms with van der Waals surface area (Å²) in [4.78, 5) is 23.7. The molecule has 3 heterocycles. The van der Waals surface area contributed by atoms with Crippen molar-refractivity contribution in [3.63, 3.8) is 0 Å². The van der Waals surface area contributed by atoms with Gasteiger partial charge in [-0.15, -0.1) is 0 Å². The molecule has 0 radical (unpaired) electrons. The Labute approximate surface area is 139 Å². The zero-order valence-corrected chi connectivity index (χ0v) is 13.1. The molecule has 1 aliphatic heterocycles. The number of likely N-dealkylation sites (tertiary alicyclic amines) is 1. The van der Waals surface area contributed by atoms with Crippen LogP contribution in [0.1, 0.15) is 34.9 Å². The number of hydrogen-bond acceptors (Lipinski definition) is 4. The third-order valence-corrected chi connectivity index (χ3v) is 4.37. The molecule has 120 valence electrons. The number of H-pyrrole nitrogens is 1. The molecule has 0 aliphatic carbocycles. The molecule has 0 unspecified atom stereocenters. The quantitative estimate of drug-likeness (QED) is 0.805. The number of nitrogens with zero attached hydrogens (tertiary/aromatic N) is 4. The van der Waals surface area contributed by atoms with Crippen molar-refractivity contribution in [2.75, 3.05) is 6.54 Å². The Balaban J connectivity index is 1.69. The van der Waals surface area contributed by atoms with Crippen molar-refractivity contribution in [2.24, 2.45) is 0 Å². The third-order valence-electron chi connectivity index (χ3n) is 4.37. The summed E-state index contributed by atoms with van der Waals surface area (Å²) in [6.45, 7) is 0.741. The number of pyridine rings is 1. The smallest absolute Gasteiger partial charge is 0.255 e. The second-order valence-corrected chi connectivity index (χ2v) is 5.79. The lowest BCUT2D eigenvalue weighted by molar-refractivity contribution is 0.0733. The third kappa shape index (κ3) is 2.56. The van der Waals surface area contributed by atoms with Crippen molar-refractivity contribution < 1.29 is 4.79 Å². The van der Waals surface area contributed by atoms with Crippen LogP contribution in [0.15, 0.2) is 55.0 Å². The van der Waals surface area contributed by atoms with Gasteiger partial charge in [-0.25, -0.2) is 4.98 Å². The Kier molecular flexibility index (Phi) is 3.78. The monoisotopic (exact) mass is 319 g/mol. The lowest BCUT2D eigenvalue weighted by atomic mass is 10.0. The highest BCUT2D eigenvalue weighted by Gasteiger charge is 2.32. The van der Waals surface area contributed by atoms with Crippen molar-refractivity contribution >= 4 is 5.91 Å². The van der Waals surface area contributed by atoms with Crippen molar-refractivity contribution in [3.8, 4) is 11.4 Å². The van der Waals surface area contributed by atoms with Crippen LogP contribution in [0, 0.1) is 0 Å². The van der Waals surface area contributed by atoms with Gasteiger partial charge in [0.2, 0.25) is 0 Å². The van der Waals surface area contributed by atoms with Crippen LogP contribution in [-0.2, 0) is 0 Å². The van der Waals surface area contributed by atoms with E-state index in [0.29, 0.717) is 11.4 Å². The molecule has 0 saturated carbocycles. The summed E-state index contributed by atoms with van der Waals surface area (Å²) in [6, 6.07) is 13.4. The molecule has 1 atom stereocenters. The Morgan fingerprint density at radius 2 is 2.00 bits per heavy atom. The highest BCUT2D eigenvalue weighted by atomic mass is 16.2. The minimum Gasteiger partial charge on any atom is -0.330 e. The van der Waals surface area contributed by atoms with E-state index in [2.05, 4.69) is 20.2 Å². The topological polar surface area (TPSA) is 74.8 Å². The SMILES string of the molecule is O=C(c1ccccc1-c1ncn[nH]1)N1CCC[C@@H]1c1ccccn1. The van der Waals surface area contributed by atoms with E-state index in [9.17, 15) is 4.79 Å². The van der Waals surface area contributed by atoms with Crippen molar-refractivity contribution in [1.29, 1.82) is 0 Å². The molecule has 1 N–H and O–H groups in total. The molecule has 6 nitrogen and oxygen atoms in total. The lowest BCUT2D eigenvalue weighted by Crippen LogP contribution is -2.31. The largest absolute Gasteiger partial charge is 0.330 e. The van der Waals surface area contributed by atoms with E-state index in [0.717, 1.165) is 30.6 Å². The number of carbonyl (C=O) groups is 1. The zero-order valence-electron chi connectivity index (χ0n) is 13.1. The number of hydrogen-bond donors (Lipinski definition) is 1. The fourth-order valence-corrected chi connectivity index (χ4v) is 3.26. The minimum atomic E-state index is 0.00940. The molecule has 3 aromatic rings. The standard InChI is InChI=1S/C18H17N5O/c24-18(14-7-2-1-6-13(14)17-20-12-21-22-17)23-11-5-9-16(23)15-8-3-4-10-19-15/h1-4,6-8,10,12,16H,5,9,11H2,(H,20,21,22)/t16-/m1/s1. The molecule has 1 amide bonds. The predicted molar refractivity (Wildman–Crippen MR) is 89.1 cm³/mol. The van der Waals surface area contributed by atoms with E-state index >= 15 is 0 Å².